The van der Waals surface area contributed by atoms with Gasteiger partial charge in [-0.05, 0) is 25.8 Å². The molecule has 0 saturated heterocycles. The summed E-state index contributed by atoms with van der Waals surface area (Å²) in [5.41, 5.74) is 3.38. The van der Waals surface area contributed by atoms with Crippen molar-refractivity contribution in [3.63, 3.8) is 0 Å². The summed E-state index contributed by atoms with van der Waals surface area (Å²) in [5, 5.41) is 5.84. The molecule has 1 aliphatic heterocycles. The van der Waals surface area contributed by atoms with E-state index in [1.54, 1.807) is 17.7 Å². The maximum atomic E-state index is 4.85. The molecule has 25 heavy (non-hydrogen) atoms. The number of fused-ring (bicyclic) bond motifs is 5. The zero-order valence-corrected chi connectivity index (χ0v) is 15.1. The van der Waals surface area contributed by atoms with Crippen molar-refractivity contribution in [3.8, 4) is 11.4 Å². The first kappa shape index (κ1) is 15.0. The smallest absolute Gasteiger partial charge is 0.182 e. The molecule has 0 fully saturated rings. The molecule has 126 valence electrons. The van der Waals surface area contributed by atoms with E-state index in [4.69, 9.17) is 4.98 Å². The Morgan fingerprint density at radius 2 is 2.00 bits per heavy atom. The molecule has 0 unspecified atom stereocenters. The lowest BCUT2D eigenvalue weighted by atomic mass is 10.0. The lowest BCUT2D eigenvalue weighted by Gasteiger charge is -2.30. The van der Waals surface area contributed by atoms with Crippen LogP contribution in [0.5, 0.6) is 0 Å². The van der Waals surface area contributed by atoms with E-state index in [1.165, 1.54) is 15.8 Å². The van der Waals surface area contributed by atoms with Gasteiger partial charge in [-0.15, -0.1) is 16.4 Å². The molecule has 0 atom stereocenters. The lowest BCUT2D eigenvalue weighted by molar-refractivity contribution is 0.206. The molecule has 4 heterocycles. The van der Waals surface area contributed by atoms with Crippen LogP contribution in [-0.4, -0.2) is 37.1 Å². The van der Waals surface area contributed by atoms with Crippen LogP contribution < -0.4 is 0 Å². The van der Waals surface area contributed by atoms with Gasteiger partial charge in [0.15, 0.2) is 11.5 Å². The van der Waals surface area contributed by atoms with Crippen molar-refractivity contribution in [3.05, 3.63) is 47.1 Å². The van der Waals surface area contributed by atoms with Crippen LogP contribution in [0.15, 0.2) is 36.7 Å². The van der Waals surface area contributed by atoms with Crippen LogP contribution in [0.4, 0.5) is 0 Å². The van der Waals surface area contributed by atoms with Gasteiger partial charge in [-0.2, -0.15) is 0 Å². The lowest BCUT2D eigenvalue weighted by Crippen LogP contribution is -2.35. The van der Waals surface area contributed by atoms with Crippen LogP contribution in [0.3, 0.4) is 0 Å². The molecular formula is C19H19N5S. The predicted molar refractivity (Wildman–Crippen MR) is 101 cm³/mol. The Kier molecular flexibility index (Phi) is 3.36. The Morgan fingerprint density at radius 1 is 1.16 bits per heavy atom. The number of hydrogen-bond acceptors (Lipinski definition) is 5. The highest BCUT2D eigenvalue weighted by molar-refractivity contribution is 7.19. The molecular weight excluding hydrogens is 330 g/mol. The van der Waals surface area contributed by atoms with Gasteiger partial charge < -0.3 is 0 Å². The second-order valence-electron chi connectivity index (χ2n) is 6.81. The van der Waals surface area contributed by atoms with Crippen LogP contribution in [0.25, 0.3) is 27.3 Å². The van der Waals surface area contributed by atoms with Crippen LogP contribution in [-0.2, 0) is 13.0 Å². The fourth-order valence-corrected chi connectivity index (χ4v) is 4.77. The first-order valence-electron chi connectivity index (χ1n) is 8.66. The summed E-state index contributed by atoms with van der Waals surface area (Å²) in [6, 6.07) is 10.7. The minimum atomic E-state index is 0.573. The number of hydrogen-bond donors (Lipinski definition) is 0. The van der Waals surface area contributed by atoms with Crippen molar-refractivity contribution in [2.45, 2.75) is 32.9 Å². The van der Waals surface area contributed by atoms with Gasteiger partial charge in [-0.3, -0.25) is 4.90 Å². The standard InChI is InChI=1S/C19H19N5S/c1-12(2)23-9-8-14-15(10-23)25-19-16(14)18-21-17(22-24(18)11-20-19)13-6-4-3-5-7-13/h3-7,11-12H,8-10H2,1-2H3. The highest BCUT2D eigenvalue weighted by atomic mass is 32.1. The number of thiophene rings is 1. The minimum absolute atomic E-state index is 0.573. The third-order valence-corrected chi connectivity index (χ3v) is 6.09. The molecule has 0 N–H and O–H groups in total. The molecule has 6 heteroatoms. The molecule has 3 aromatic heterocycles. The summed E-state index contributed by atoms with van der Waals surface area (Å²) in [6.07, 6.45) is 2.85. The van der Waals surface area contributed by atoms with Crippen LogP contribution in [0.1, 0.15) is 24.3 Å². The summed E-state index contributed by atoms with van der Waals surface area (Å²) in [5.74, 6) is 0.759. The van der Waals surface area contributed by atoms with Gasteiger partial charge in [-0.25, -0.2) is 14.5 Å². The molecule has 0 bridgehead atoms. The molecule has 0 saturated carbocycles. The minimum Gasteiger partial charge on any atom is -0.296 e. The molecule has 5 nitrogen and oxygen atoms in total. The van der Waals surface area contributed by atoms with Crippen LogP contribution in [0.2, 0.25) is 0 Å². The largest absolute Gasteiger partial charge is 0.296 e. The quantitative estimate of drug-likeness (QED) is 0.553. The van der Waals surface area contributed by atoms with Gasteiger partial charge >= 0.3 is 0 Å². The van der Waals surface area contributed by atoms with E-state index in [9.17, 15) is 0 Å². The van der Waals surface area contributed by atoms with E-state index < -0.39 is 0 Å². The Hall–Kier alpha value is -2.31. The highest BCUT2D eigenvalue weighted by Gasteiger charge is 2.25. The molecule has 0 spiro atoms. The third kappa shape index (κ3) is 2.36. The maximum absolute atomic E-state index is 4.85. The monoisotopic (exact) mass is 349 g/mol. The zero-order chi connectivity index (χ0) is 17.0. The van der Waals surface area contributed by atoms with E-state index in [0.29, 0.717) is 6.04 Å². The van der Waals surface area contributed by atoms with Gasteiger partial charge in [0.25, 0.3) is 0 Å². The van der Waals surface area contributed by atoms with Crippen molar-refractivity contribution < 1.29 is 0 Å². The molecule has 1 aromatic carbocycles. The molecule has 5 rings (SSSR count). The Labute approximate surface area is 149 Å². The predicted octanol–water partition coefficient (Wildman–Crippen LogP) is 3.77. The van der Waals surface area contributed by atoms with E-state index in [2.05, 4.69) is 28.8 Å². The van der Waals surface area contributed by atoms with Gasteiger partial charge in [-0.1, -0.05) is 30.3 Å². The zero-order valence-electron chi connectivity index (χ0n) is 14.3. The Morgan fingerprint density at radius 3 is 2.80 bits per heavy atom. The number of nitrogens with zero attached hydrogens (tertiary/aromatic N) is 5. The van der Waals surface area contributed by atoms with E-state index in [1.807, 2.05) is 34.8 Å². The Bertz CT molecular complexity index is 1060. The average molecular weight is 349 g/mol. The van der Waals surface area contributed by atoms with Gasteiger partial charge in [0.05, 0.1) is 5.39 Å². The summed E-state index contributed by atoms with van der Waals surface area (Å²) in [4.78, 5) is 14.5. The normalized spacial score (nSPS) is 15.3. The van der Waals surface area contributed by atoms with E-state index in [0.717, 1.165) is 41.4 Å². The summed E-state index contributed by atoms with van der Waals surface area (Å²) in [7, 11) is 0. The van der Waals surface area contributed by atoms with E-state index in [-0.39, 0.29) is 0 Å². The number of aromatic nitrogens is 4. The van der Waals surface area contributed by atoms with Crippen molar-refractivity contribution in [1.29, 1.82) is 0 Å². The maximum Gasteiger partial charge on any atom is 0.182 e. The second-order valence-corrected chi connectivity index (χ2v) is 7.90. The first-order chi connectivity index (χ1) is 12.2. The molecule has 0 amide bonds. The summed E-state index contributed by atoms with van der Waals surface area (Å²) < 4.78 is 1.83. The Balaban J connectivity index is 1.69. The average Bonchev–Trinajstić information content (AvgIpc) is 3.22. The second kappa shape index (κ2) is 5.61. The van der Waals surface area contributed by atoms with Crippen molar-refractivity contribution in [2.24, 2.45) is 0 Å². The number of rotatable bonds is 2. The topological polar surface area (TPSA) is 46.3 Å². The van der Waals surface area contributed by atoms with Crippen LogP contribution >= 0.6 is 11.3 Å². The highest BCUT2D eigenvalue weighted by Crippen LogP contribution is 2.36. The van der Waals surface area contributed by atoms with Crippen molar-refractivity contribution in [2.75, 3.05) is 6.54 Å². The third-order valence-electron chi connectivity index (χ3n) is 4.97. The molecule has 0 aliphatic carbocycles. The SMILES string of the molecule is CC(C)N1CCc2c(sc3ncn4nc(-c5ccccc5)nc4c23)C1. The van der Waals surface area contributed by atoms with Gasteiger partial charge in [0.2, 0.25) is 0 Å². The fourth-order valence-electron chi connectivity index (χ4n) is 3.56. The van der Waals surface area contributed by atoms with Gasteiger partial charge in [0.1, 0.15) is 11.2 Å². The van der Waals surface area contributed by atoms with Crippen LogP contribution in [0, 0.1) is 0 Å². The summed E-state index contributed by atoms with van der Waals surface area (Å²) >= 11 is 1.81. The van der Waals surface area contributed by atoms with Crippen molar-refractivity contribution in [1.82, 2.24) is 24.5 Å². The molecule has 1 aliphatic rings. The number of benzene rings is 1. The molecule has 4 aromatic rings. The van der Waals surface area contributed by atoms with Crippen molar-refractivity contribution >= 4 is 27.2 Å². The molecule has 0 radical (unpaired) electrons. The van der Waals surface area contributed by atoms with Gasteiger partial charge in [0, 0.05) is 29.6 Å². The summed E-state index contributed by atoms with van der Waals surface area (Å²) in [6.45, 7) is 6.63. The first-order valence-corrected chi connectivity index (χ1v) is 9.47. The van der Waals surface area contributed by atoms with E-state index >= 15 is 0 Å². The fraction of sp³-hybridized carbons (Fsp3) is 0.316.